The van der Waals surface area contributed by atoms with Crippen LogP contribution in [0.25, 0.3) is 0 Å². The fraction of sp³-hybridized carbons (Fsp3) is 0.207. The summed E-state index contributed by atoms with van der Waals surface area (Å²) in [4.78, 5) is 39.3. The van der Waals surface area contributed by atoms with Crippen molar-refractivity contribution >= 4 is 23.4 Å². The lowest BCUT2D eigenvalue weighted by Gasteiger charge is -2.38. The number of hydrogen-bond donors (Lipinski definition) is 2. The molecule has 0 bridgehead atoms. The van der Waals surface area contributed by atoms with Crippen LogP contribution in [0.1, 0.15) is 41.3 Å². The van der Waals surface area contributed by atoms with Crippen LogP contribution in [-0.4, -0.2) is 17.7 Å². The maximum absolute atomic E-state index is 13.5. The van der Waals surface area contributed by atoms with Crippen LogP contribution >= 0.6 is 0 Å². The zero-order chi connectivity index (χ0) is 24.4. The summed E-state index contributed by atoms with van der Waals surface area (Å²) in [6.07, 6.45) is 5.01. The van der Waals surface area contributed by atoms with Crippen LogP contribution in [0.5, 0.6) is 0 Å². The van der Waals surface area contributed by atoms with Crippen molar-refractivity contribution in [2.24, 2.45) is 11.8 Å². The van der Waals surface area contributed by atoms with Crippen molar-refractivity contribution < 1.29 is 14.4 Å². The van der Waals surface area contributed by atoms with E-state index in [0.717, 1.165) is 11.1 Å². The van der Waals surface area contributed by atoms with E-state index in [0.29, 0.717) is 24.1 Å². The second-order valence-corrected chi connectivity index (χ2v) is 9.17. The van der Waals surface area contributed by atoms with Gasteiger partial charge in [0.2, 0.25) is 11.8 Å². The SMILES string of the molecule is CC(NC(=O)c1cccc(N2NC(=O)C3CC=CCC3C2=O)c1)(c1ccccc1)c1ccccc1. The number of hydrogen-bond acceptors (Lipinski definition) is 3. The number of fused-ring (bicyclic) bond motifs is 1. The molecule has 2 unspecified atom stereocenters. The van der Waals surface area contributed by atoms with Crippen molar-refractivity contribution in [3.63, 3.8) is 0 Å². The number of carbonyl (C=O) groups excluding carboxylic acids is 3. The zero-order valence-corrected chi connectivity index (χ0v) is 19.5. The number of nitrogens with zero attached hydrogens (tertiary/aromatic N) is 1. The maximum atomic E-state index is 13.5. The van der Waals surface area contributed by atoms with Crippen molar-refractivity contribution in [3.8, 4) is 0 Å². The van der Waals surface area contributed by atoms with Crippen molar-refractivity contribution in [3.05, 3.63) is 114 Å². The van der Waals surface area contributed by atoms with Gasteiger partial charge < -0.3 is 5.32 Å². The predicted molar refractivity (Wildman–Crippen MR) is 134 cm³/mol. The molecule has 0 spiro atoms. The molecule has 1 aliphatic carbocycles. The Hall–Kier alpha value is -4.19. The van der Waals surface area contributed by atoms with Crippen molar-refractivity contribution in [2.75, 3.05) is 5.01 Å². The zero-order valence-electron chi connectivity index (χ0n) is 19.5. The van der Waals surface area contributed by atoms with Gasteiger partial charge in [-0.3, -0.25) is 19.8 Å². The number of hydrazine groups is 1. The van der Waals surface area contributed by atoms with Crippen LogP contribution in [-0.2, 0) is 15.1 Å². The topological polar surface area (TPSA) is 78.5 Å². The van der Waals surface area contributed by atoms with E-state index < -0.39 is 5.54 Å². The van der Waals surface area contributed by atoms with Crippen molar-refractivity contribution in [1.29, 1.82) is 0 Å². The first-order valence-electron chi connectivity index (χ1n) is 11.8. The smallest absolute Gasteiger partial charge is 0.252 e. The summed E-state index contributed by atoms with van der Waals surface area (Å²) < 4.78 is 0. The lowest BCUT2D eigenvalue weighted by atomic mass is 9.80. The van der Waals surface area contributed by atoms with Crippen LogP contribution in [0.3, 0.4) is 0 Å². The van der Waals surface area contributed by atoms with E-state index in [9.17, 15) is 14.4 Å². The van der Waals surface area contributed by atoms with E-state index >= 15 is 0 Å². The minimum Gasteiger partial charge on any atom is -0.339 e. The molecular formula is C29H27N3O3. The van der Waals surface area contributed by atoms with E-state index in [4.69, 9.17) is 0 Å². The van der Waals surface area contributed by atoms with Crippen LogP contribution in [0, 0.1) is 11.8 Å². The van der Waals surface area contributed by atoms with Gasteiger partial charge in [0.1, 0.15) is 0 Å². The molecule has 2 N–H and O–H groups in total. The molecule has 2 aliphatic rings. The molecule has 5 rings (SSSR count). The van der Waals surface area contributed by atoms with Crippen LogP contribution < -0.4 is 15.8 Å². The lowest BCUT2D eigenvalue weighted by Crippen LogP contribution is -2.59. The fourth-order valence-corrected chi connectivity index (χ4v) is 4.92. The van der Waals surface area contributed by atoms with Gasteiger partial charge >= 0.3 is 0 Å². The van der Waals surface area contributed by atoms with Gasteiger partial charge in [-0.1, -0.05) is 78.9 Å². The van der Waals surface area contributed by atoms with Crippen molar-refractivity contribution in [2.45, 2.75) is 25.3 Å². The van der Waals surface area contributed by atoms with Gasteiger partial charge in [-0.25, -0.2) is 5.01 Å². The van der Waals surface area contributed by atoms with Gasteiger partial charge in [-0.15, -0.1) is 0 Å². The van der Waals surface area contributed by atoms with Gasteiger partial charge in [0, 0.05) is 5.56 Å². The molecule has 0 radical (unpaired) electrons. The number of benzene rings is 3. The molecular weight excluding hydrogens is 438 g/mol. The third-order valence-corrected chi connectivity index (χ3v) is 6.96. The molecule has 176 valence electrons. The lowest BCUT2D eigenvalue weighted by molar-refractivity contribution is -0.139. The first kappa shape index (κ1) is 22.6. The molecule has 3 aromatic carbocycles. The molecule has 1 aliphatic heterocycles. The third-order valence-electron chi connectivity index (χ3n) is 6.96. The monoisotopic (exact) mass is 465 g/mol. The standard InChI is InChI=1S/C29H27N3O3/c1-29(21-12-4-2-5-13-21,22-14-6-3-7-15-22)30-26(33)20-11-10-16-23(19-20)32-28(35)25-18-9-8-17-24(25)27(34)31-32/h2-16,19,24-25H,17-18H2,1H3,(H,30,33)(H,31,34). The summed E-state index contributed by atoms with van der Waals surface area (Å²) >= 11 is 0. The van der Waals surface area contributed by atoms with E-state index in [1.807, 2.05) is 79.7 Å². The highest BCUT2D eigenvalue weighted by Crippen LogP contribution is 2.33. The molecule has 35 heavy (non-hydrogen) atoms. The van der Waals surface area contributed by atoms with E-state index in [2.05, 4.69) is 10.7 Å². The molecule has 0 saturated carbocycles. The number of allylic oxidation sites excluding steroid dienone is 2. The first-order chi connectivity index (χ1) is 17.0. The summed E-state index contributed by atoms with van der Waals surface area (Å²) in [6, 6.07) is 26.4. The van der Waals surface area contributed by atoms with Crippen LogP contribution in [0.2, 0.25) is 0 Å². The van der Waals surface area contributed by atoms with Crippen molar-refractivity contribution in [1.82, 2.24) is 10.7 Å². The van der Waals surface area contributed by atoms with Gasteiger partial charge in [0.25, 0.3) is 5.91 Å². The largest absolute Gasteiger partial charge is 0.339 e. The highest BCUT2D eigenvalue weighted by atomic mass is 16.2. The molecule has 6 heteroatoms. The van der Waals surface area contributed by atoms with E-state index in [1.54, 1.807) is 24.3 Å². The molecule has 3 amide bonds. The van der Waals surface area contributed by atoms with Crippen LogP contribution in [0.4, 0.5) is 5.69 Å². The van der Waals surface area contributed by atoms with Gasteiger partial charge in [-0.2, -0.15) is 0 Å². The number of rotatable bonds is 5. The summed E-state index contributed by atoms with van der Waals surface area (Å²) in [6.45, 7) is 1.98. The number of anilines is 1. The Bertz CT molecular complexity index is 1250. The Labute approximate surface area is 204 Å². The Morgan fingerprint density at radius 3 is 2.09 bits per heavy atom. The minimum atomic E-state index is -0.771. The second kappa shape index (κ2) is 9.22. The molecule has 6 nitrogen and oxygen atoms in total. The molecule has 1 fully saturated rings. The maximum Gasteiger partial charge on any atom is 0.252 e. The molecule has 1 heterocycles. The summed E-state index contributed by atoms with van der Waals surface area (Å²) in [5.41, 5.74) is 4.71. The minimum absolute atomic E-state index is 0.157. The van der Waals surface area contributed by atoms with Gasteiger partial charge in [-0.05, 0) is 49.1 Å². The number of carbonyl (C=O) groups is 3. The highest BCUT2D eigenvalue weighted by Gasteiger charge is 2.42. The average molecular weight is 466 g/mol. The second-order valence-electron chi connectivity index (χ2n) is 9.17. The Morgan fingerprint density at radius 1 is 0.857 bits per heavy atom. The summed E-state index contributed by atoms with van der Waals surface area (Å²) in [5, 5.41) is 4.48. The van der Waals surface area contributed by atoms with Crippen LogP contribution in [0.15, 0.2) is 97.1 Å². The quantitative estimate of drug-likeness (QED) is 0.550. The average Bonchev–Trinajstić information content (AvgIpc) is 2.91. The molecule has 3 aromatic rings. The fourth-order valence-electron chi connectivity index (χ4n) is 4.92. The third kappa shape index (κ3) is 4.23. The first-order valence-corrected chi connectivity index (χ1v) is 11.8. The Morgan fingerprint density at radius 2 is 1.46 bits per heavy atom. The predicted octanol–water partition coefficient (Wildman–Crippen LogP) is 4.34. The molecule has 1 saturated heterocycles. The van der Waals surface area contributed by atoms with Gasteiger partial charge in [0.05, 0.1) is 23.1 Å². The Kier molecular flexibility index (Phi) is 5.95. The molecule has 2 atom stereocenters. The van der Waals surface area contributed by atoms with E-state index in [-0.39, 0.29) is 29.6 Å². The van der Waals surface area contributed by atoms with E-state index in [1.165, 1.54) is 5.01 Å². The number of nitrogens with one attached hydrogen (secondary N) is 2. The highest BCUT2D eigenvalue weighted by molar-refractivity contribution is 6.05. The molecule has 0 aromatic heterocycles. The normalized spacial score (nSPS) is 19.6. The summed E-state index contributed by atoms with van der Waals surface area (Å²) in [7, 11) is 0. The van der Waals surface area contributed by atoms with Gasteiger partial charge in [0.15, 0.2) is 0 Å². The number of amides is 3. The Balaban J connectivity index is 1.44. The summed E-state index contributed by atoms with van der Waals surface area (Å²) in [5.74, 6) is -1.33.